The van der Waals surface area contributed by atoms with Crippen LogP contribution in [0.4, 0.5) is 5.69 Å². The van der Waals surface area contributed by atoms with Gasteiger partial charge in [-0.3, -0.25) is 4.79 Å². The Labute approximate surface area is 141 Å². The number of nitrogens with one attached hydrogen (secondary N) is 1. The van der Waals surface area contributed by atoms with Crippen LogP contribution in [0.25, 0.3) is 6.08 Å². The van der Waals surface area contributed by atoms with Gasteiger partial charge in [-0.1, -0.05) is 49.2 Å². The lowest BCUT2D eigenvalue weighted by atomic mass is 10.2. The Morgan fingerprint density at radius 3 is 2.83 bits per heavy atom. The molecule has 0 saturated carbocycles. The topological polar surface area (TPSA) is 38.3 Å². The summed E-state index contributed by atoms with van der Waals surface area (Å²) < 4.78 is 5.70. The van der Waals surface area contributed by atoms with Gasteiger partial charge in [-0.2, -0.15) is 0 Å². The second-order valence-corrected chi connectivity index (χ2v) is 5.51. The van der Waals surface area contributed by atoms with Gasteiger partial charge in [0.2, 0.25) is 5.91 Å². The monoisotopic (exact) mass is 329 g/mol. The number of carbonyl (C=O) groups is 1. The number of ether oxygens (including phenoxy) is 1. The number of anilines is 1. The third-order valence-corrected chi connectivity index (χ3v) is 3.41. The fourth-order valence-electron chi connectivity index (χ4n) is 1.98. The molecule has 0 aromatic heterocycles. The molecule has 0 saturated heterocycles. The van der Waals surface area contributed by atoms with Gasteiger partial charge in [-0.05, 0) is 42.3 Å². The van der Waals surface area contributed by atoms with Crippen LogP contribution in [0.5, 0.6) is 5.75 Å². The highest BCUT2D eigenvalue weighted by molar-refractivity contribution is 6.30. The molecule has 4 heteroatoms. The maximum atomic E-state index is 12.1. The average molecular weight is 330 g/mol. The summed E-state index contributed by atoms with van der Waals surface area (Å²) in [6, 6.07) is 14.8. The molecule has 0 aliphatic rings. The van der Waals surface area contributed by atoms with Crippen molar-refractivity contribution in [1.29, 1.82) is 0 Å². The Morgan fingerprint density at radius 1 is 1.22 bits per heavy atom. The van der Waals surface area contributed by atoms with Crippen molar-refractivity contribution in [3.8, 4) is 5.75 Å². The lowest BCUT2D eigenvalue weighted by molar-refractivity contribution is -0.111. The first-order chi connectivity index (χ1) is 11.2. The second-order valence-electron chi connectivity index (χ2n) is 5.08. The molecule has 0 fully saturated rings. The summed E-state index contributed by atoms with van der Waals surface area (Å²) in [4.78, 5) is 12.1. The predicted molar refractivity (Wildman–Crippen MR) is 96.0 cm³/mol. The summed E-state index contributed by atoms with van der Waals surface area (Å²) in [5.74, 6) is 0.474. The molecule has 1 N–H and O–H groups in total. The molecule has 0 bridgehead atoms. The number of amides is 1. The highest BCUT2D eigenvalue weighted by atomic mass is 35.5. The first kappa shape index (κ1) is 17.1. The van der Waals surface area contributed by atoms with Gasteiger partial charge in [-0.15, -0.1) is 0 Å². The highest BCUT2D eigenvalue weighted by Gasteiger charge is 2.05. The van der Waals surface area contributed by atoms with Crippen molar-refractivity contribution >= 4 is 29.3 Å². The van der Waals surface area contributed by atoms with Crippen LogP contribution in [0.3, 0.4) is 0 Å². The zero-order chi connectivity index (χ0) is 16.5. The van der Waals surface area contributed by atoms with Crippen molar-refractivity contribution in [3.63, 3.8) is 0 Å². The van der Waals surface area contributed by atoms with Gasteiger partial charge in [-0.25, -0.2) is 0 Å². The number of hydrogen-bond donors (Lipinski definition) is 1. The van der Waals surface area contributed by atoms with Gasteiger partial charge in [0.25, 0.3) is 0 Å². The smallest absolute Gasteiger partial charge is 0.248 e. The van der Waals surface area contributed by atoms with Gasteiger partial charge in [0.1, 0.15) is 5.75 Å². The molecule has 0 atom stereocenters. The van der Waals surface area contributed by atoms with Gasteiger partial charge in [0, 0.05) is 11.1 Å². The Kier molecular flexibility index (Phi) is 6.70. The van der Waals surface area contributed by atoms with Crippen molar-refractivity contribution in [2.24, 2.45) is 0 Å². The van der Waals surface area contributed by atoms with Crippen LogP contribution in [0.2, 0.25) is 5.02 Å². The zero-order valence-corrected chi connectivity index (χ0v) is 13.8. The Hall–Kier alpha value is -2.26. The maximum Gasteiger partial charge on any atom is 0.248 e. The number of unbranched alkanes of at least 4 members (excludes halogenated alkanes) is 1. The molecule has 120 valence electrons. The average Bonchev–Trinajstić information content (AvgIpc) is 2.55. The predicted octanol–water partition coefficient (Wildman–Crippen LogP) is 5.17. The molecule has 0 heterocycles. The van der Waals surface area contributed by atoms with Crippen LogP contribution in [0.1, 0.15) is 25.3 Å². The van der Waals surface area contributed by atoms with Crippen molar-refractivity contribution < 1.29 is 9.53 Å². The van der Waals surface area contributed by atoms with E-state index in [9.17, 15) is 4.79 Å². The van der Waals surface area contributed by atoms with Crippen LogP contribution < -0.4 is 10.1 Å². The largest absolute Gasteiger partial charge is 0.491 e. The molecule has 0 aliphatic heterocycles. The van der Waals surface area contributed by atoms with Gasteiger partial charge in [0.15, 0.2) is 0 Å². The number of halogens is 1. The summed E-state index contributed by atoms with van der Waals surface area (Å²) >= 11 is 5.92. The number of para-hydroxylation sites is 2. The fraction of sp³-hybridized carbons (Fsp3) is 0.211. The molecule has 23 heavy (non-hydrogen) atoms. The number of hydrogen-bond acceptors (Lipinski definition) is 2. The molecule has 0 radical (unpaired) electrons. The summed E-state index contributed by atoms with van der Waals surface area (Å²) in [7, 11) is 0. The van der Waals surface area contributed by atoms with E-state index in [1.807, 2.05) is 36.4 Å². The van der Waals surface area contributed by atoms with Crippen molar-refractivity contribution in [1.82, 2.24) is 0 Å². The fourth-order valence-corrected chi connectivity index (χ4v) is 2.18. The van der Waals surface area contributed by atoms with E-state index in [4.69, 9.17) is 16.3 Å². The Morgan fingerprint density at radius 2 is 2.04 bits per heavy atom. The van der Waals surface area contributed by atoms with Crippen LogP contribution in [0, 0.1) is 0 Å². The lowest BCUT2D eigenvalue weighted by Gasteiger charge is -2.11. The van der Waals surface area contributed by atoms with Crippen LogP contribution >= 0.6 is 11.6 Å². The van der Waals surface area contributed by atoms with Gasteiger partial charge >= 0.3 is 0 Å². The molecule has 0 unspecified atom stereocenters. The highest BCUT2D eigenvalue weighted by Crippen LogP contribution is 2.24. The van der Waals surface area contributed by atoms with Crippen LogP contribution in [-0.2, 0) is 4.79 Å². The summed E-state index contributed by atoms with van der Waals surface area (Å²) in [5.41, 5.74) is 1.55. The van der Waals surface area contributed by atoms with E-state index in [0.29, 0.717) is 23.1 Å². The molecule has 3 nitrogen and oxygen atoms in total. The van der Waals surface area contributed by atoms with E-state index in [1.165, 1.54) is 6.08 Å². The minimum atomic E-state index is -0.212. The maximum absolute atomic E-state index is 12.1. The first-order valence-corrected chi connectivity index (χ1v) is 8.03. The molecule has 1 amide bonds. The van der Waals surface area contributed by atoms with Gasteiger partial charge in [0.05, 0.1) is 12.3 Å². The van der Waals surface area contributed by atoms with Crippen LogP contribution in [0.15, 0.2) is 54.6 Å². The SMILES string of the molecule is CCCCOc1ccccc1NC(=O)/C=C/c1cccc(Cl)c1. The first-order valence-electron chi connectivity index (χ1n) is 7.65. The quantitative estimate of drug-likeness (QED) is 0.562. The summed E-state index contributed by atoms with van der Waals surface area (Å²) in [6.45, 7) is 2.75. The van der Waals surface area contributed by atoms with Crippen molar-refractivity contribution in [2.75, 3.05) is 11.9 Å². The number of benzene rings is 2. The standard InChI is InChI=1S/C19H20ClNO2/c1-2-3-13-23-18-10-5-4-9-17(18)21-19(22)12-11-15-7-6-8-16(20)14-15/h4-12,14H,2-3,13H2,1H3,(H,21,22)/b12-11+. The summed E-state index contributed by atoms with van der Waals surface area (Å²) in [6.07, 6.45) is 5.25. The normalized spacial score (nSPS) is 10.7. The van der Waals surface area contributed by atoms with E-state index in [0.717, 1.165) is 18.4 Å². The van der Waals surface area contributed by atoms with E-state index >= 15 is 0 Å². The minimum Gasteiger partial charge on any atom is -0.491 e. The minimum absolute atomic E-state index is 0.212. The zero-order valence-electron chi connectivity index (χ0n) is 13.1. The molecular weight excluding hydrogens is 310 g/mol. The Balaban J connectivity index is 1.99. The third-order valence-electron chi connectivity index (χ3n) is 3.18. The Bertz CT molecular complexity index is 683. The van der Waals surface area contributed by atoms with Crippen molar-refractivity contribution in [3.05, 3.63) is 65.2 Å². The number of rotatable bonds is 7. The molecular formula is C19H20ClNO2. The van der Waals surface area contributed by atoms with E-state index in [1.54, 1.807) is 18.2 Å². The third kappa shape index (κ3) is 5.80. The molecule has 2 rings (SSSR count). The molecule has 2 aromatic carbocycles. The molecule has 2 aromatic rings. The van der Waals surface area contributed by atoms with E-state index in [-0.39, 0.29) is 5.91 Å². The van der Waals surface area contributed by atoms with E-state index in [2.05, 4.69) is 12.2 Å². The van der Waals surface area contributed by atoms with E-state index < -0.39 is 0 Å². The van der Waals surface area contributed by atoms with Crippen LogP contribution in [-0.4, -0.2) is 12.5 Å². The number of carbonyl (C=O) groups excluding carboxylic acids is 1. The molecule has 0 spiro atoms. The lowest BCUT2D eigenvalue weighted by Crippen LogP contribution is -2.09. The van der Waals surface area contributed by atoms with Crippen molar-refractivity contribution in [2.45, 2.75) is 19.8 Å². The van der Waals surface area contributed by atoms with Gasteiger partial charge < -0.3 is 10.1 Å². The molecule has 0 aliphatic carbocycles. The second kappa shape index (κ2) is 9.01. The summed E-state index contributed by atoms with van der Waals surface area (Å²) in [5, 5.41) is 3.48.